The molecule has 0 saturated carbocycles. The summed E-state index contributed by atoms with van der Waals surface area (Å²) in [5, 5.41) is 2.73. The minimum Gasteiger partial charge on any atom is -0.398 e. The number of carbonyl (C=O) groups is 1. The van der Waals surface area contributed by atoms with Crippen LogP contribution in [-0.4, -0.2) is 5.91 Å². The number of benzene rings is 2. The number of hydrogen-bond acceptors (Lipinski definition) is 2. The number of amides is 1. The van der Waals surface area contributed by atoms with Gasteiger partial charge in [0.05, 0.1) is 5.69 Å². The molecular formula is C15H14BrFN2O. The Hall–Kier alpha value is -1.88. The first-order valence-electron chi connectivity index (χ1n) is 6.01. The fourth-order valence-corrected chi connectivity index (χ4v) is 2.34. The van der Waals surface area contributed by atoms with Crippen LogP contribution < -0.4 is 11.1 Å². The Kier molecular flexibility index (Phi) is 4.09. The molecule has 1 amide bonds. The SMILES string of the molecule is Cc1cc(C)c(C(=O)Nc2ccc(F)cc2Br)cc1N. The van der Waals surface area contributed by atoms with E-state index in [1.807, 2.05) is 19.9 Å². The lowest BCUT2D eigenvalue weighted by Gasteiger charge is -2.11. The molecule has 2 aromatic carbocycles. The molecule has 2 aromatic rings. The zero-order valence-corrected chi connectivity index (χ0v) is 12.7. The van der Waals surface area contributed by atoms with Crippen LogP contribution in [0.1, 0.15) is 21.5 Å². The van der Waals surface area contributed by atoms with Gasteiger partial charge in [-0.1, -0.05) is 6.07 Å². The molecule has 0 heterocycles. The van der Waals surface area contributed by atoms with Crippen molar-refractivity contribution in [3.8, 4) is 0 Å². The number of nitrogens with two attached hydrogens (primary N) is 1. The van der Waals surface area contributed by atoms with Crippen molar-refractivity contribution < 1.29 is 9.18 Å². The minimum absolute atomic E-state index is 0.276. The molecule has 0 aliphatic heterocycles. The summed E-state index contributed by atoms with van der Waals surface area (Å²) < 4.78 is 13.5. The fourth-order valence-electron chi connectivity index (χ4n) is 1.89. The Balaban J connectivity index is 2.31. The molecule has 0 fully saturated rings. The van der Waals surface area contributed by atoms with E-state index in [1.54, 1.807) is 6.07 Å². The molecular weight excluding hydrogens is 323 g/mol. The predicted octanol–water partition coefficient (Wildman–Crippen LogP) is 4.04. The number of anilines is 2. The third kappa shape index (κ3) is 2.99. The highest BCUT2D eigenvalue weighted by Crippen LogP contribution is 2.25. The molecule has 3 N–H and O–H groups in total. The van der Waals surface area contributed by atoms with E-state index in [-0.39, 0.29) is 11.7 Å². The van der Waals surface area contributed by atoms with Gasteiger partial charge in [-0.15, -0.1) is 0 Å². The standard InChI is InChI=1S/C15H14BrFN2O/c1-8-5-9(2)13(18)7-11(8)15(20)19-14-4-3-10(17)6-12(14)16/h3-7H,18H2,1-2H3,(H,19,20). The molecule has 0 unspecified atom stereocenters. The molecule has 0 aliphatic rings. The van der Waals surface area contributed by atoms with Gasteiger partial charge >= 0.3 is 0 Å². The molecule has 5 heteroatoms. The molecule has 0 radical (unpaired) electrons. The minimum atomic E-state index is -0.370. The first kappa shape index (κ1) is 14.5. The zero-order valence-electron chi connectivity index (χ0n) is 11.1. The Bertz CT molecular complexity index is 686. The van der Waals surface area contributed by atoms with E-state index >= 15 is 0 Å². The van der Waals surface area contributed by atoms with Gasteiger partial charge in [0, 0.05) is 15.7 Å². The predicted molar refractivity (Wildman–Crippen MR) is 82.4 cm³/mol. The van der Waals surface area contributed by atoms with E-state index in [0.717, 1.165) is 11.1 Å². The van der Waals surface area contributed by atoms with Gasteiger partial charge in [0.15, 0.2) is 0 Å². The maximum absolute atomic E-state index is 13.0. The third-order valence-electron chi connectivity index (χ3n) is 3.04. The first-order chi connectivity index (χ1) is 9.38. The summed E-state index contributed by atoms with van der Waals surface area (Å²) in [4.78, 5) is 12.3. The summed E-state index contributed by atoms with van der Waals surface area (Å²) in [7, 11) is 0. The zero-order chi connectivity index (χ0) is 14.9. The largest absolute Gasteiger partial charge is 0.398 e. The fraction of sp³-hybridized carbons (Fsp3) is 0.133. The van der Waals surface area contributed by atoms with Crippen molar-refractivity contribution in [3.05, 3.63) is 57.3 Å². The number of hydrogen-bond donors (Lipinski definition) is 2. The number of nitrogen functional groups attached to an aromatic ring is 1. The summed E-state index contributed by atoms with van der Waals surface area (Å²) in [5.41, 5.74) is 9.19. The van der Waals surface area contributed by atoms with Crippen LogP contribution in [0.25, 0.3) is 0 Å². The highest BCUT2D eigenvalue weighted by molar-refractivity contribution is 9.10. The molecule has 0 bridgehead atoms. The van der Waals surface area contributed by atoms with Gasteiger partial charge in [-0.05, 0) is 65.2 Å². The average molecular weight is 337 g/mol. The molecule has 0 aliphatic carbocycles. The van der Waals surface area contributed by atoms with Crippen molar-refractivity contribution in [1.29, 1.82) is 0 Å². The van der Waals surface area contributed by atoms with Crippen LogP contribution >= 0.6 is 15.9 Å². The van der Waals surface area contributed by atoms with Gasteiger partial charge in [0.25, 0.3) is 5.91 Å². The maximum atomic E-state index is 13.0. The Morgan fingerprint density at radius 1 is 1.20 bits per heavy atom. The van der Waals surface area contributed by atoms with E-state index in [9.17, 15) is 9.18 Å². The normalized spacial score (nSPS) is 10.4. The lowest BCUT2D eigenvalue weighted by Crippen LogP contribution is -2.14. The Morgan fingerprint density at radius 3 is 2.55 bits per heavy atom. The van der Waals surface area contributed by atoms with Crippen LogP contribution in [0, 0.1) is 19.7 Å². The number of carbonyl (C=O) groups excluding carboxylic acids is 1. The number of nitrogens with one attached hydrogen (secondary N) is 1. The summed E-state index contributed by atoms with van der Waals surface area (Å²) in [6.07, 6.45) is 0. The second-order valence-corrected chi connectivity index (χ2v) is 5.46. The van der Waals surface area contributed by atoms with Gasteiger partial charge in [-0.25, -0.2) is 4.39 Å². The van der Waals surface area contributed by atoms with Crippen LogP contribution in [0.3, 0.4) is 0 Å². The molecule has 0 atom stereocenters. The quantitative estimate of drug-likeness (QED) is 0.813. The van der Waals surface area contributed by atoms with E-state index in [2.05, 4.69) is 21.2 Å². The van der Waals surface area contributed by atoms with Gasteiger partial charge < -0.3 is 11.1 Å². The van der Waals surface area contributed by atoms with Crippen molar-refractivity contribution in [2.75, 3.05) is 11.1 Å². The highest BCUT2D eigenvalue weighted by atomic mass is 79.9. The first-order valence-corrected chi connectivity index (χ1v) is 6.81. The average Bonchev–Trinajstić information content (AvgIpc) is 2.37. The maximum Gasteiger partial charge on any atom is 0.256 e. The lowest BCUT2D eigenvalue weighted by molar-refractivity contribution is 0.102. The van der Waals surface area contributed by atoms with Gasteiger partial charge in [-0.2, -0.15) is 0 Å². The smallest absolute Gasteiger partial charge is 0.256 e. The molecule has 0 saturated heterocycles. The van der Waals surface area contributed by atoms with E-state index < -0.39 is 0 Å². The van der Waals surface area contributed by atoms with E-state index in [4.69, 9.17) is 5.73 Å². The summed E-state index contributed by atoms with van der Waals surface area (Å²) in [6.45, 7) is 3.74. The van der Waals surface area contributed by atoms with Crippen molar-refractivity contribution in [1.82, 2.24) is 0 Å². The van der Waals surface area contributed by atoms with Gasteiger partial charge in [-0.3, -0.25) is 4.79 Å². The van der Waals surface area contributed by atoms with Crippen LogP contribution in [0.15, 0.2) is 34.8 Å². The lowest BCUT2D eigenvalue weighted by atomic mass is 10.0. The van der Waals surface area contributed by atoms with Crippen molar-refractivity contribution in [2.24, 2.45) is 0 Å². The molecule has 3 nitrogen and oxygen atoms in total. The summed E-state index contributed by atoms with van der Waals surface area (Å²) >= 11 is 3.21. The van der Waals surface area contributed by atoms with Gasteiger partial charge in [0.1, 0.15) is 5.82 Å². The molecule has 20 heavy (non-hydrogen) atoms. The van der Waals surface area contributed by atoms with Crippen molar-refractivity contribution in [2.45, 2.75) is 13.8 Å². The van der Waals surface area contributed by atoms with Crippen LogP contribution in [-0.2, 0) is 0 Å². The van der Waals surface area contributed by atoms with Crippen LogP contribution in [0.2, 0.25) is 0 Å². The molecule has 0 aromatic heterocycles. The van der Waals surface area contributed by atoms with Crippen LogP contribution in [0.5, 0.6) is 0 Å². The molecule has 104 valence electrons. The second kappa shape index (κ2) is 5.63. The second-order valence-electron chi connectivity index (χ2n) is 4.60. The topological polar surface area (TPSA) is 55.1 Å². The molecule has 0 spiro atoms. The number of halogens is 2. The van der Waals surface area contributed by atoms with Gasteiger partial charge in [0.2, 0.25) is 0 Å². The van der Waals surface area contributed by atoms with E-state index in [0.29, 0.717) is 21.4 Å². The van der Waals surface area contributed by atoms with Crippen LogP contribution in [0.4, 0.5) is 15.8 Å². The molecule has 2 rings (SSSR count). The number of rotatable bonds is 2. The number of aryl methyl sites for hydroxylation is 2. The van der Waals surface area contributed by atoms with Crippen molar-refractivity contribution in [3.63, 3.8) is 0 Å². The monoisotopic (exact) mass is 336 g/mol. The van der Waals surface area contributed by atoms with E-state index in [1.165, 1.54) is 18.2 Å². The summed E-state index contributed by atoms with van der Waals surface area (Å²) in [6, 6.07) is 7.61. The highest BCUT2D eigenvalue weighted by Gasteiger charge is 2.12. The Morgan fingerprint density at radius 2 is 1.90 bits per heavy atom. The Labute approximate surface area is 125 Å². The third-order valence-corrected chi connectivity index (χ3v) is 3.69. The summed E-state index contributed by atoms with van der Waals surface area (Å²) in [5.74, 6) is -0.646. The van der Waals surface area contributed by atoms with Crippen molar-refractivity contribution >= 4 is 33.2 Å².